The minimum absolute atomic E-state index is 0.141. The maximum absolute atomic E-state index is 12.3. The van der Waals surface area contributed by atoms with E-state index in [0.717, 1.165) is 18.7 Å². The lowest BCUT2D eigenvalue weighted by atomic mass is 10.1. The van der Waals surface area contributed by atoms with Gasteiger partial charge in [-0.1, -0.05) is 23.7 Å². The molecule has 1 saturated heterocycles. The summed E-state index contributed by atoms with van der Waals surface area (Å²) in [7, 11) is 0. The lowest BCUT2D eigenvalue weighted by molar-refractivity contribution is -0.132. The van der Waals surface area contributed by atoms with Gasteiger partial charge in [-0.3, -0.25) is 9.69 Å². The number of β-amino-alcohol motifs (C(OH)–C–C–N with tert-alkyl or cyclic N) is 1. The van der Waals surface area contributed by atoms with E-state index in [1.165, 1.54) is 0 Å². The Morgan fingerprint density at radius 2 is 1.91 bits per heavy atom. The number of rotatable bonds is 7. The van der Waals surface area contributed by atoms with Crippen LogP contribution in [0.25, 0.3) is 0 Å². The van der Waals surface area contributed by atoms with Crippen LogP contribution in [0.2, 0.25) is 5.02 Å². The molecule has 1 aliphatic heterocycles. The lowest BCUT2D eigenvalue weighted by Gasteiger charge is -2.35. The third-order valence-corrected chi connectivity index (χ3v) is 4.23. The van der Waals surface area contributed by atoms with Crippen LogP contribution in [0, 0.1) is 0 Å². The zero-order valence-electron chi connectivity index (χ0n) is 13.6. The molecule has 0 saturated carbocycles. The predicted octanol–water partition coefficient (Wildman–Crippen LogP) is 1.42. The first kappa shape index (κ1) is 18.2. The molecule has 1 aliphatic rings. The molecule has 0 spiro atoms. The van der Waals surface area contributed by atoms with Crippen LogP contribution in [-0.4, -0.2) is 72.9 Å². The van der Waals surface area contributed by atoms with Gasteiger partial charge in [0.15, 0.2) is 0 Å². The largest absolute Gasteiger partial charge is 0.389 e. The van der Waals surface area contributed by atoms with Crippen molar-refractivity contribution < 1.29 is 14.6 Å². The lowest BCUT2D eigenvalue weighted by Crippen LogP contribution is -2.51. The van der Waals surface area contributed by atoms with Gasteiger partial charge in [0.25, 0.3) is 0 Å². The Kier molecular flexibility index (Phi) is 7.30. The summed E-state index contributed by atoms with van der Waals surface area (Å²) in [6.07, 6.45) is -0.0595. The average molecular weight is 341 g/mol. The van der Waals surface area contributed by atoms with Crippen LogP contribution < -0.4 is 0 Å². The molecule has 1 aromatic rings. The average Bonchev–Trinajstić information content (AvgIpc) is 2.55. The van der Waals surface area contributed by atoms with Crippen molar-refractivity contribution >= 4 is 17.5 Å². The van der Waals surface area contributed by atoms with Gasteiger partial charge in [-0.25, -0.2) is 0 Å². The van der Waals surface area contributed by atoms with Crippen molar-refractivity contribution in [2.75, 3.05) is 45.9 Å². The summed E-state index contributed by atoms with van der Waals surface area (Å²) < 4.78 is 5.22. The first-order chi connectivity index (χ1) is 11.1. The van der Waals surface area contributed by atoms with Gasteiger partial charge in [0.05, 0.1) is 19.1 Å². The van der Waals surface area contributed by atoms with Gasteiger partial charge in [-0.15, -0.1) is 0 Å². The molecule has 6 heteroatoms. The van der Waals surface area contributed by atoms with Gasteiger partial charge in [0, 0.05) is 44.4 Å². The number of benzene rings is 1. The van der Waals surface area contributed by atoms with Crippen molar-refractivity contribution in [3.63, 3.8) is 0 Å². The Morgan fingerprint density at radius 1 is 1.26 bits per heavy atom. The Labute approximate surface area is 142 Å². The summed E-state index contributed by atoms with van der Waals surface area (Å²) in [4.78, 5) is 16.4. The number of aliphatic hydroxyl groups is 1. The van der Waals surface area contributed by atoms with Gasteiger partial charge in [-0.2, -0.15) is 0 Å². The van der Waals surface area contributed by atoms with E-state index < -0.39 is 6.10 Å². The third-order valence-electron chi connectivity index (χ3n) is 3.98. The zero-order chi connectivity index (χ0) is 16.7. The molecule has 1 atom stereocenters. The highest BCUT2D eigenvalue weighted by Crippen LogP contribution is 2.12. The number of piperazine rings is 1. The number of hydrogen-bond donors (Lipinski definition) is 1. The summed E-state index contributed by atoms with van der Waals surface area (Å²) in [5.74, 6) is 0.141. The fraction of sp³-hybridized carbons (Fsp3) is 0.588. The summed E-state index contributed by atoms with van der Waals surface area (Å²) in [6, 6.07) is 7.39. The van der Waals surface area contributed by atoms with Crippen molar-refractivity contribution in [2.45, 2.75) is 19.4 Å². The van der Waals surface area contributed by atoms with E-state index in [1.54, 1.807) is 0 Å². The van der Waals surface area contributed by atoms with E-state index in [4.69, 9.17) is 16.3 Å². The van der Waals surface area contributed by atoms with E-state index in [2.05, 4.69) is 4.90 Å². The standard InChI is InChI=1S/C17H25ClN2O3/c1-2-23-13-16(21)12-19-7-9-20(10-8-19)17(22)11-14-3-5-15(18)6-4-14/h3-6,16,21H,2,7-13H2,1H3/t16-/m0/s1. The first-order valence-corrected chi connectivity index (χ1v) is 8.46. The minimum atomic E-state index is -0.466. The molecule has 1 heterocycles. The van der Waals surface area contributed by atoms with Crippen molar-refractivity contribution in [2.24, 2.45) is 0 Å². The number of nitrogens with zero attached hydrogens (tertiary/aromatic N) is 2. The summed E-state index contributed by atoms with van der Waals surface area (Å²) in [5, 5.41) is 10.5. The first-order valence-electron chi connectivity index (χ1n) is 8.09. The van der Waals surface area contributed by atoms with Crippen LogP contribution in [0.3, 0.4) is 0 Å². The summed E-state index contributed by atoms with van der Waals surface area (Å²) in [5.41, 5.74) is 0.981. The molecular formula is C17H25ClN2O3. The summed E-state index contributed by atoms with van der Waals surface area (Å²) >= 11 is 5.86. The van der Waals surface area contributed by atoms with Crippen LogP contribution in [0.1, 0.15) is 12.5 Å². The molecule has 1 amide bonds. The number of aliphatic hydroxyl groups excluding tert-OH is 1. The molecule has 5 nitrogen and oxygen atoms in total. The van der Waals surface area contributed by atoms with E-state index in [1.807, 2.05) is 36.1 Å². The number of halogens is 1. The highest BCUT2D eigenvalue weighted by molar-refractivity contribution is 6.30. The maximum atomic E-state index is 12.3. The van der Waals surface area contributed by atoms with Crippen molar-refractivity contribution in [1.82, 2.24) is 9.80 Å². The number of hydrogen-bond acceptors (Lipinski definition) is 4. The normalized spacial score (nSPS) is 17.3. The van der Waals surface area contributed by atoms with Gasteiger partial charge in [0.2, 0.25) is 5.91 Å². The van der Waals surface area contributed by atoms with Crippen molar-refractivity contribution in [3.8, 4) is 0 Å². The second-order valence-corrected chi connectivity index (χ2v) is 6.23. The number of carbonyl (C=O) groups excluding carboxylic acids is 1. The molecular weight excluding hydrogens is 316 g/mol. The molecule has 0 unspecified atom stereocenters. The molecule has 1 N–H and O–H groups in total. The Morgan fingerprint density at radius 3 is 2.52 bits per heavy atom. The molecule has 0 aliphatic carbocycles. The van der Waals surface area contributed by atoms with E-state index in [-0.39, 0.29) is 5.91 Å². The molecule has 0 radical (unpaired) electrons. The second kappa shape index (κ2) is 9.23. The zero-order valence-corrected chi connectivity index (χ0v) is 14.3. The number of amides is 1. The highest BCUT2D eigenvalue weighted by Gasteiger charge is 2.22. The fourth-order valence-corrected chi connectivity index (χ4v) is 2.80. The van der Waals surface area contributed by atoms with Gasteiger partial charge in [0.1, 0.15) is 0 Å². The smallest absolute Gasteiger partial charge is 0.227 e. The van der Waals surface area contributed by atoms with Crippen LogP contribution in [-0.2, 0) is 16.0 Å². The van der Waals surface area contributed by atoms with Gasteiger partial charge in [-0.05, 0) is 24.6 Å². The highest BCUT2D eigenvalue weighted by atomic mass is 35.5. The SMILES string of the molecule is CCOC[C@@H](O)CN1CCN(C(=O)Cc2ccc(Cl)cc2)CC1. The third kappa shape index (κ3) is 6.11. The molecule has 1 aromatic carbocycles. The maximum Gasteiger partial charge on any atom is 0.227 e. The molecule has 128 valence electrons. The molecule has 2 rings (SSSR count). The number of ether oxygens (including phenoxy) is 1. The quantitative estimate of drug-likeness (QED) is 0.815. The monoisotopic (exact) mass is 340 g/mol. The Hall–Kier alpha value is -1.14. The fourth-order valence-electron chi connectivity index (χ4n) is 2.67. The van der Waals surface area contributed by atoms with Crippen molar-refractivity contribution in [1.29, 1.82) is 0 Å². The van der Waals surface area contributed by atoms with Crippen LogP contribution in [0.5, 0.6) is 0 Å². The molecule has 1 fully saturated rings. The minimum Gasteiger partial charge on any atom is -0.389 e. The van der Waals surface area contributed by atoms with Gasteiger partial charge >= 0.3 is 0 Å². The molecule has 0 bridgehead atoms. The Balaban J connectivity index is 1.73. The topological polar surface area (TPSA) is 53.0 Å². The van der Waals surface area contributed by atoms with Crippen LogP contribution in [0.15, 0.2) is 24.3 Å². The van der Waals surface area contributed by atoms with E-state index in [9.17, 15) is 9.90 Å². The van der Waals surface area contributed by atoms with E-state index >= 15 is 0 Å². The van der Waals surface area contributed by atoms with Gasteiger partial charge < -0.3 is 14.7 Å². The predicted molar refractivity (Wildman–Crippen MR) is 90.7 cm³/mol. The Bertz CT molecular complexity index is 487. The van der Waals surface area contributed by atoms with Crippen LogP contribution >= 0.6 is 11.6 Å². The van der Waals surface area contributed by atoms with Crippen molar-refractivity contribution in [3.05, 3.63) is 34.9 Å². The van der Waals surface area contributed by atoms with Crippen LogP contribution in [0.4, 0.5) is 0 Å². The molecule has 23 heavy (non-hydrogen) atoms. The second-order valence-electron chi connectivity index (χ2n) is 5.80. The van der Waals surface area contributed by atoms with E-state index in [0.29, 0.717) is 44.3 Å². The number of carbonyl (C=O) groups is 1. The molecule has 0 aromatic heterocycles. The summed E-state index contributed by atoms with van der Waals surface area (Å²) in [6.45, 7) is 6.47.